The van der Waals surface area contributed by atoms with Crippen molar-refractivity contribution in [1.82, 2.24) is 29.5 Å². The van der Waals surface area contributed by atoms with Crippen molar-refractivity contribution in [1.29, 1.82) is 0 Å². The Kier molecular flexibility index (Phi) is 6.42. The van der Waals surface area contributed by atoms with E-state index in [2.05, 4.69) is 25.3 Å². The van der Waals surface area contributed by atoms with E-state index in [1.54, 1.807) is 32.7 Å². The molecular weight excluding hydrogens is 362 g/mol. The number of likely N-dealkylation sites (N-methyl/N-ethyl adjacent to an activating group) is 1. The lowest BCUT2D eigenvalue weighted by atomic mass is 10.2. The second-order valence-corrected chi connectivity index (χ2v) is 7.20. The summed E-state index contributed by atoms with van der Waals surface area (Å²) >= 11 is 0. The number of nitrogens with zero attached hydrogens (tertiary/aromatic N) is 5. The number of nitrogens with one attached hydrogen (secondary N) is 2. The maximum atomic E-state index is 11.8. The van der Waals surface area contributed by atoms with Gasteiger partial charge in [0.15, 0.2) is 0 Å². The molecule has 2 amide bonds. The van der Waals surface area contributed by atoms with E-state index < -0.39 is 0 Å². The summed E-state index contributed by atoms with van der Waals surface area (Å²) in [6.07, 6.45) is 7.86. The van der Waals surface area contributed by atoms with Crippen LogP contribution in [0.25, 0.3) is 0 Å². The van der Waals surface area contributed by atoms with E-state index in [1.165, 1.54) is 11.8 Å². The number of hydrogen-bond acceptors (Lipinski definition) is 6. The van der Waals surface area contributed by atoms with Gasteiger partial charge in [-0.1, -0.05) is 0 Å². The van der Waals surface area contributed by atoms with Gasteiger partial charge in [0.05, 0.1) is 31.1 Å². The number of rotatable bonds is 8. The Morgan fingerprint density at radius 2 is 2.25 bits per heavy atom. The second-order valence-electron chi connectivity index (χ2n) is 7.20. The maximum Gasteiger partial charge on any atom is 0.248 e. The highest BCUT2D eigenvalue weighted by molar-refractivity contribution is 5.88. The number of anilines is 1. The summed E-state index contributed by atoms with van der Waals surface area (Å²) in [5, 5.41) is 7.15. The average Bonchev–Trinajstić information content (AvgIpc) is 3.36. The molecule has 10 nitrogen and oxygen atoms in total. The fourth-order valence-corrected chi connectivity index (χ4v) is 3.31. The molecule has 3 heterocycles. The molecule has 10 heteroatoms. The largest absolute Gasteiger partial charge is 0.370 e. The lowest BCUT2D eigenvalue weighted by Crippen LogP contribution is -2.35. The standard InChI is InChI=1S/C18H27N7O3/c1-13(26)22-14-7-21-25(8-14)15-6-16(11-28-12-18(27)23(2)3)24(9-15)10-17-19-4-5-20-17/h4-5,7-8,15-16H,6,9-12H2,1-3H3,(H,19,20)(H,22,26)/t15-,16-/m0/s1. The van der Waals surface area contributed by atoms with Crippen LogP contribution < -0.4 is 5.32 Å². The monoisotopic (exact) mass is 389 g/mol. The molecule has 0 radical (unpaired) electrons. The fourth-order valence-electron chi connectivity index (χ4n) is 3.31. The first-order chi connectivity index (χ1) is 13.4. The Labute approximate surface area is 163 Å². The highest BCUT2D eigenvalue weighted by Crippen LogP contribution is 2.29. The van der Waals surface area contributed by atoms with Gasteiger partial charge >= 0.3 is 0 Å². The molecule has 0 spiro atoms. The van der Waals surface area contributed by atoms with E-state index >= 15 is 0 Å². The summed E-state index contributed by atoms with van der Waals surface area (Å²) in [6.45, 7) is 3.44. The maximum absolute atomic E-state index is 11.8. The molecule has 0 aromatic carbocycles. The summed E-state index contributed by atoms with van der Waals surface area (Å²) in [5.41, 5.74) is 0.682. The first-order valence-corrected chi connectivity index (χ1v) is 9.24. The number of hydrogen-bond donors (Lipinski definition) is 2. The second kappa shape index (κ2) is 8.98. The Morgan fingerprint density at radius 1 is 1.43 bits per heavy atom. The van der Waals surface area contributed by atoms with Gasteiger partial charge in [0.1, 0.15) is 12.4 Å². The summed E-state index contributed by atoms with van der Waals surface area (Å²) in [4.78, 5) is 34.2. The van der Waals surface area contributed by atoms with Crippen molar-refractivity contribution in [3.63, 3.8) is 0 Å². The average molecular weight is 389 g/mol. The van der Waals surface area contributed by atoms with Gasteiger partial charge in [-0.15, -0.1) is 0 Å². The summed E-state index contributed by atoms with van der Waals surface area (Å²) < 4.78 is 7.56. The number of aromatic nitrogens is 4. The molecule has 1 fully saturated rings. The van der Waals surface area contributed by atoms with Gasteiger partial charge in [-0.2, -0.15) is 5.10 Å². The van der Waals surface area contributed by atoms with Gasteiger partial charge in [-0.25, -0.2) is 4.98 Å². The number of ether oxygens (including phenoxy) is 1. The quantitative estimate of drug-likeness (QED) is 0.680. The number of aromatic amines is 1. The minimum Gasteiger partial charge on any atom is -0.370 e. The highest BCUT2D eigenvalue weighted by Gasteiger charge is 2.34. The van der Waals surface area contributed by atoms with E-state index in [1.807, 2.05) is 10.9 Å². The summed E-state index contributed by atoms with van der Waals surface area (Å²) in [6, 6.07) is 0.286. The van der Waals surface area contributed by atoms with Crippen molar-refractivity contribution in [2.75, 3.05) is 39.2 Å². The van der Waals surface area contributed by atoms with Crippen LogP contribution in [0.1, 0.15) is 25.2 Å². The highest BCUT2D eigenvalue weighted by atomic mass is 16.5. The molecule has 28 heavy (non-hydrogen) atoms. The Hall–Kier alpha value is -2.72. The first kappa shape index (κ1) is 20.0. The Morgan fingerprint density at radius 3 is 2.93 bits per heavy atom. The summed E-state index contributed by atoms with van der Waals surface area (Å²) in [5.74, 6) is 0.704. The van der Waals surface area contributed by atoms with Crippen molar-refractivity contribution >= 4 is 17.5 Å². The number of carbonyl (C=O) groups is 2. The van der Waals surface area contributed by atoms with Crippen LogP contribution in [-0.4, -0.2) is 81.3 Å². The molecule has 2 aromatic heterocycles. The van der Waals surface area contributed by atoms with Crippen LogP contribution >= 0.6 is 0 Å². The van der Waals surface area contributed by atoms with Crippen molar-refractivity contribution in [3.8, 4) is 0 Å². The number of carbonyl (C=O) groups excluding carboxylic acids is 2. The van der Waals surface area contributed by atoms with E-state index in [9.17, 15) is 9.59 Å². The lowest BCUT2D eigenvalue weighted by Gasteiger charge is -2.23. The first-order valence-electron chi connectivity index (χ1n) is 9.24. The normalized spacial score (nSPS) is 19.7. The van der Waals surface area contributed by atoms with Crippen LogP contribution in [0, 0.1) is 0 Å². The van der Waals surface area contributed by atoms with Crippen LogP contribution in [0.15, 0.2) is 24.8 Å². The zero-order valence-corrected chi connectivity index (χ0v) is 16.5. The molecule has 152 valence electrons. The molecule has 3 rings (SSSR count). The van der Waals surface area contributed by atoms with Crippen molar-refractivity contribution in [3.05, 3.63) is 30.6 Å². The van der Waals surface area contributed by atoms with Crippen molar-refractivity contribution in [2.45, 2.75) is 32.0 Å². The molecule has 2 N–H and O–H groups in total. The van der Waals surface area contributed by atoms with Crippen LogP contribution in [-0.2, 0) is 20.9 Å². The predicted molar refractivity (Wildman–Crippen MR) is 102 cm³/mol. The van der Waals surface area contributed by atoms with Crippen LogP contribution in [0.5, 0.6) is 0 Å². The van der Waals surface area contributed by atoms with E-state index in [0.29, 0.717) is 18.8 Å². The van der Waals surface area contributed by atoms with Gasteiger partial charge in [-0.3, -0.25) is 19.2 Å². The van der Waals surface area contributed by atoms with Crippen molar-refractivity contribution in [2.24, 2.45) is 0 Å². The van der Waals surface area contributed by atoms with Crippen LogP contribution in [0.3, 0.4) is 0 Å². The number of amides is 2. The van der Waals surface area contributed by atoms with Gasteiger partial charge < -0.3 is 19.9 Å². The number of imidazole rings is 1. The van der Waals surface area contributed by atoms with Crippen molar-refractivity contribution < 1.29 is 14.3 Å². The minimum absolute atomic E-state index is 0.0563. The molecule has 1 aliphatic rings. The molecule has 0 aliphatic carbocycles. The number of likely N-dealkylation sites (tertiary alicyclic amines) is 1. The third-order valence-corrected chi connectivity index (χ3v) is 4.74. The van der Waals surface area contributed by atoms with E-state index in [4.69, 9.17) is 4.74 Å². The minimum atomic E-state index is -0.123. The topological polar surface area (TPSA) is 108 Å². The van der Waals surface area contributed by atoms with E-state index in [-0.39, 0.29) is 30.5 Å². The molecule has 2 aromatic rings. The molecule has 0 saturated carbocycles. The third kappa shape index (κ3) is 5.17. The lowest BCUT2D eigenvalue weighted by molar-refractivity contribution is -0.134. The SMILES string of the molecule is CC(=O)Nc1cnn([C@H]2C[C@@H](COCC(=O)N(C)C)N(Cc3ncc[nH]3)C2)c1. The number of H-pyrrole nitrogens is 1. The Balaban J connectivity index is 1.64. The molecule has 1 aliphatic heterocycles. The third-order valence-electron chi connectivity index (χ3n) is 4.74. The zero-order valence-electron chi connectivity index (χ0n) is 16.5. The van der Waals surface area contributed by atoms with Crippen LogP contribution in [0.4, 0.5) is 5.69 Å². The fraction of sp³-hybridized carbons (Fsp3) is 0.556. The zero-order chi connectivity index (χ0) is 20.1. The molecule has 1 saturated heterocycles. The van der Waals surface area contributed by atoms with E-state index in [0.717, 1.165) is 18.8 Å². The predicted octanol–water partition coefficient (Wildman–Crippen LogP) is 0.485. The molecule has 0 bridgehead atoms. The molecule has 2 atom stereocenters. The van der Waals surface area contributed by atoms with Gasteiger partial charge in [0.2, 0.25) is 11.8 Å². The van der Waals surface area contributed by atoms with Crippen LogP contribution in [0.2, 0.25) is 0 Å². The molecular formula is C18H27N7O3. The van der Waals surface area contributed by atoms with Gasteiger partial charge in [0.25, 0.3) is 0 Å². The Bertz CT molecular complexity index is 787. The smallest absolute Gasteiger partial charge is 0.248 e. The summed E-state index contributed by atoms with van der Waals surface area (Å²) in [7, 11) is 3.43. The van der Waals surface area contributed by atoms with Gasteiger partial charge in [0, 0.05) is 52.2 Å². The van der Waals surface area contributed by atoms with Gasteiger partial charge in [-0.05, 0) is 6.42 Å². The molecule has 0 unspecified atom stereocenters.